The van der Waals surface area contributed by atoms with Crippen LogP contribution in [0.5, 0.6) is 0 Å². The smallest absolute Gasteiger partial charge is 0.264 e. The summed E-state index contributed by atoms with van der Waals surface area (Å²) in [6, 6.07) is 30.4. The number of hydrogen-bond acceptors (Lipinski definition) is 4. The Morgan fingerprint density at radius 2 is 1.39 bits per heavy atom. The minimum atomic E-state index is -4.13. The van der Waals surface area contributed by atoms with Crippen LogP contribution in [-0.2, 0) is 32.6 Å². The van der Waals surface area contributed by atoms with Crippen molar-refractivity contribution < 1.29 is 18.0 Å². The summed E-state index contributed by atoms with van der Waals surface area (Å²) in [5.74, 6) is -0.678. The van der Waals surface area contributed by atoms with E-state index in [0.29, 0.717) is 12.1 Å². The number of nitrogens with one attached hydrogen (secondary N) is 1. The summed E-state index contributed by atoms with van der Waals surface area (Å²) in [5, 5.41) is 3.22. The predicted molar refractivity (Wildman–Crippen MR) is 183 cm³/mol. The second-order valence-corrected chi connectivity index (χ2v) is 14.2. The Morgan fingerprint density at radius 3 is 2.02 bits per heavy atom. The van der Waals surface area contributed by atoms with Crippen molar-refractivity contribution in [2.45, 2.75) is 76.4 Å². The van der Waals surface area contributed by atoms with Gasteiger partial charge < -0.3 is 10.2 Å². The Balaban J connectivity index is 1.57. The molecule has 0 radical (unpaired) electrons. The molecule has 4 aromatic rings. The van der Waals surface area contributed by atoms with Crippen molar-refractivity contribution in [2.24, 2.45) is 0 Å². The van der Waals surface area contributed by atoms with Gasteiger partial charge in [-0.2, -0.15) is 0 Å². The Kier molecular flexibility index (Phi) is 10.6. The lowest BCUT2D eigenvalue weighted by atomic mass is 10.0. The molecule has 1 fully saturated rings. The molecule has 0 aromatic heterocycles. The van der Waals surface area contributed by atoms with Crippen LogP contribution in [0.3, 0.4) is 0 Å². The van der Waals surface area contributed by atoms with Gasteiger partial charge in [-0.15, -0.1) is 0 Å². The highest BCUT2D eigenvalue weighted by Gasteiger charge is 2.36. The molecular formula is C38H43N3O4S. The molecule has 46 heavy (non-hydrogen) atoms. The Morgan fingerprint density at radius 1 is 0.783 bits per heavy atom. The lowest BCUT2D eigenvalue weighted by Crippen LogP contribution is -2.54. The number of hydrogen-bond donors (Lipinski definition) is 1. The molecule has 0 heterocycles. The second-order valence-electron chi connectivity index (χ2n) is 12.3. The van der Waals surface area contributed by atoms with Gasteiger partial charge in [0, 0.05) is 19.0 Å². The van der Waals surface area contributed by atoms with E-state index in [9.17, 15) is 18.0 Å². The van der Waals surface area contributed by atoms with Crippen molar-refractivity contribution in [2.75, 3.05) is 10.8 Å². The van der Waals surface area contributed by atoms with Gasteiger partial charge in [0.15, 0.2) is 0 Å². The zero-order valence-electron chi connectivity index (χ0n) is 26.9. The molecule has 7 nitrogen and oxygen atoms in total. The molecule has 0 aliphatic heterocycles. The molecule has 1 aliphatic rings. The normalized spacial score (nSPS) is 14.1. The third kappa shape index (κ3) is 8.04. The van der Waals surface area contributed by atoms with E-state index in [1.54, 1.807) is 29.2 Å². The first kappa shape index (κ1) is 32.9. The fourth-order valence-electron chi connectivity index (χ4n) is 6.13. The van der Waals surface area contributed by atoms with E-state index in [0.717, 1.165) is 53.5 Å². The van der Waals surface area contributed by atoms with E-state index in [1.165, 1.54) is 16.4 Å². The minimum absolute atomic E-state index is 0.0623. The molecule has 240 valence electrons. The van der Waals surface area contributed by atoms with Crippen LogP contribution in [-0.4, -0.2) is 43.8 Å². The average molecular weight is 638 g/mol. The number of aryl methyl sites for hydroxylation is 3. The standard InChI is InChI=1S/C38H43N3O4S/c1-28-18-21-32(22-19-28)26-40(36(25-31-12-6-4-7-13-31)38(43)39-33-14-10-11-15-33)37(42)27-41(35-23-20-29(2)24-30(35)3)46(44,45)34-16-8-5-9-17-34/h4-9,12-13,16-24,33,36H,10-11,14-15,25-27H2,1-3H3,(H,39,43). The third-order valence-electron chi connectivity index (χ3n) is 8.68. The number of amides is 2. The molecule has 5 rings (SSSR count). The molecule has 0 spiro atoms. The summed E-state index contributed by atoms with van der Waals surface area (Å²) in [5.41, 5.74) is 4.99. The van der Waals surface area contributed by atoms with Gasteiger partial charge in [-0.3, -0.25) is 13.9 Å². The highest BCUT2D eigenvalue weighted by Crippen LogP contribution is 2.29. The van der Waals surface area contributed by atoms with Gasteiger partial charge in [0.2, 0.25) is 11.8 Å². The molecule has 1 atom stereocenters. The van der Waals surface area contributed by atoms with Crippen LogP contribution in [0.2, 0.25) is 0 Å². The molecular weight excluding hydrogens is 595 g/mol. The number of benzene rings is 4. The van der Waals surface area contributed by atoms with Crippen molar-refractivity contribution >= 4 is 27.5 Å². The summed E-state index contributed by atoms with van der Waals surface area (Å²) in [6.07, 6.45) is 4.23. The highest BCUT2D eigenvalue weighted by atomic mass is 32.2. The summed E-state index contributed by atoms with van der Waals surface area (Å²) < 4.78 is 29.6. The zero-order valence-corrected chi connectivity index (χ0v) is 27.7. The molecule has 1 aliphatic carbocycles. The van der Waals surface area contributed by atoms with Crippen LogP contribution in [0, 0.1) is 20.8 Å². The van der Waals surface area contributed by atoms with Crippen LogP contribution in [0.1, 0.15) is 53.5 Å². The fourth-order valence-corrected chi connectivity index (χ4v) is 7.63. The molecule has 1 N–H and O–H groups in total. The molecule has 4 aromatic carbocycles. The largest absolute Gasteiger partial charge is 0.352 e. The van der Waals surface area contributed by atoms with Crippen LogP contribution >= 0.6 is 0 Å². The van der Waals surface area contributed by atoms with Gasteiger partial charge in [0.1, 0.15) is 12.6 Å². The Hall–Kier alpha value is -4.43. The van der Waals surface area contributed by atoms with Crippen molar-refractivity contribution in [3.05, 3.63) is 131 Å². The quantitative estimate of drug-likeness (QED) is 0.192. The summed E-state index contributed by atoms with van der Waals surface area (Å²) >= 11 is 0. The van der Waals surface area contributed by atoms with Gasteiger partial charge >= 0.3 is 0 Å². The number of carbonyl (C=O) groups excluding carboxylic acids is 2. The van der Waals surface area contributed by atoms with E-state index in [1.807, 2.05) is 87.5 Å². The maximum Gasteiger partial charge on any atom is 0.264 e. The van der Waals surface area contributed by atoms with Crippen molar-refractivity contribution in [3.8, 4) is 0 Å². The van der Waals surface area contributed by atoms with Crippen molar-refractivity contribution in [1.82, 2.24) is 10.2 Å². The summed E-state index contributed by atoms with van der Waals surface area (Å²) in [6.45, 7) is 5.47. The minimum Gasteiger partial charge on any atom is -0.352 e. The van der Waals surface area contributed by atoms with Gasteiger partial charge in [0.25, 0.3) is 10.0 Å². The van der Waals surface area contributed by atoms with Crippen molar-refractivity contribution in [1.29, 1.82) is 0 Å². The predicted octanol–water partition coefficient (Wildman–Crippen LogP) is 6.51. The number of rotatable bonds is 12. The molecule has 2 amide bonds. The van der Waals surface area contributed by atoms with Gasteiger partial charge in [-0.1, -0.05) is 109 Å². The number of nitrogens with zero attached hydrogens (tertiary/aromatic N) is 2. The Bertz CT molecular complexity index is 1740. The fraction of sp³-hybridized carbons (Fsp3) is 0.316. The van der Waals surface area contributed by atoms with E-state index >= 15 is 0 Å². The van der Waals surface area contributed by atoms with Gasteiger partial charge in [0.05, 0.1) is 10.6 Å². The van der Waals surface area contributed by atoms with E-state index < -0.39 is 28.5 Å². The molecule has 1 saturated carbocycles. The van der Waals surface area contributed by atoms with Crippen LogP contribution < -0.4 is 9.62 Å². The number of carbonyl (C=O) groups is 2. The van der Waals surface area contributed by atoms with E-state index in [-0.39, 0.29) is 23.4 Å². The average Bonchev–Trinajstić information content (AvgIpc) is 3.56. The van der Waals surface area contributed by atoms with Gasteiger partial charge in [-0.05, 0) is 68.5 Å². The lowest BCUT2D eigenvalue weighted by molar-refractivity contribution is -0.140. The first-order chi connectivity index (χ1) is 22.1. The molecule has 0 saturated heterocycles. The lowest BCUT2D eigenvalue weighted by Gasteiger charge is -2.34. The molecule has 8 heteroatoms. The first-order valence-electron chi connectivity index (χ1n) is 16.0. The molecule has 1 unspecified atom stereocenters. The van der Waals surface area contributed by atoms with Crippen LogP contribution in [0.15, 0.2) is 108 Å². The van der Waals surface area contributed by atoms with Crippen molar-refractivity contribution in [3.63, 3.8) is 0 Å². The van der Waals surface area contributed by atoms with Crippen LogP contribution in [0.25, 0.3) is 0 Å². The van der Waals surface area contributed by atoms with Gasteiger partial charge in [-0.25, -0.2) is 8.42 Å². The monoisotopic (exact) mass is 637 g/mol. The second kappa shape index (κ2) is 14.8. The SMILES string of the molecule is Cc1ccc(CN(C(=O)CN(c2ccc(C)cc2C)S(=O)(=O)c2ccccc2)C(Cc2ccccc2)C(=O)NC2CCCC2)cc1. The topological polar surface area (TPSA) is 86.8 Å². The maximum absolute atomic E-state index is 14.7. The third-order valence-corrected chi connectivity index (χ3v) is 10.5. The number of sulfonamides is 1. The highest BCUT2D eigenvalue weighted by molar-refractivity contribution is 7.92. The Labute approximate surface area is 273 Å². The first-order valence-corrected chi connectivity index (χ1v) is 17.4. The maximum atomic E-state index is 14.7. The zero-order chi connectivity index (χ0) is 32.7. The summed E-state index contributed by atoms with van der Waals surface area (Å²) in [4.78, 5) is 30.4. The molecule has 0 bridgehead atoms. The van der Waals surface area contributed by atoms with Crippen LogP contribution in [0.4, 0.5) is 5.69 Å². The van der Waals surface area contributed by atoms with E-state index in [4.69, 9.17) is 0 Å². The summed E-state index contributed by atoms with van der Waals surface area (Å²) in [7, 11) is -4.13. The van der Waals surface area contributed by atoms with E-state index in [2.05, 4.69) is 5.32 Å². The number of anilines is 1.